The van der Waals surface area contributed by atoms with E-state index in [1.165, 1.54) is 6.07 Å². The van der Waals surface area contributed by atoms with Crippen LogP contribution >= 0.6 is 0 Å². The van der Waals surface area contributed by atoms with Crippen molar-refractivity contribution >= 4 is 5.69 Å². The minimum Gasteiger partial charge on any atom is -0.469 e. The molecule has 1 heterocycles. The first kappa shape index (κ1) is 12.7. The molecule has 2 rings (SSSR count). The monoisotopic (exact) mass is 247 g/mol. The minimum absolute atomic E-state index is 0.200. The number of benzene rings is 1. The Hall–Kier alpha value is -1.77. The van der Waals surface area contributed by atoms with Crippen molar-refractivity contribution in [3.63, 3.8) is 0 Å². The van der Waals surface area contributed by atoms with Gasteiger partial charge in [0, 0.05) is 12.5 Å². The fourth-order valence-electron chi connectivity index (χ4n) is 1.90. The largest absolute Gasteiger partial charge is 0.469 e. The van der Waals surface area contributed by atoms with Gasteiger partial charge in [0.2, 0.25) is 0 Å². The Morgan fingerprint density at radius 3 is 2.89 bits per heavy atom. The van der Waals surface area contributed by atoms with Crippen LogP contribution in [0, 0.1) is 12.7 Å². The Bertz CT molecular complexity index is 493. The second kappa shape index (κ2) is 5.71. The van der Waals surface area contributed by atoms with E-state index in [-0.39, 0.29) is 11.9 Å². The van der Waals surface area contributed by atoms with Crippen LogP contribution in [0.4, 0.5) is 10.1 Å². The lowest BCUT2D eigenvalue weighted by atomic mass is 10.1. The maximum absolute atomic E-state index is 13.6. The fraction of sp³-hybridized carbons (Fsp3) is 0.333. The SMILES string of the molecule is Cc1ccc(F)c(NC(C)CCc2ccco2)c1. The standard InChI is InChI=1S/C15H18FNO/c1-11-5-8-14(16)15(10-11)17-12(2)6-7-13-4-3-9-18-13/h3-5,8-10,12,17H,6-7H2,1-2H3. The molecule has 18 heavy (non-hydrogen) atoms. The first-order chi connectivity index (χ1) is 8.65. The maximum atomic E-state index is 13.6. The molecule has 0 aliphatic heterocycles. The second-order valence-electron chi connectivity index (χ2n) is 4.65. The molecule has 0 aliphatic carbocycles. The van der Waals surface area contributed by atoms with E-state index >= 15 is 0 Å². The summed E-state index contributed by atoms with van der Waals surface area (Å²) in [7, 11) is 0. The number of rotatable bonds is 5. The summed E-state index contributed by atoms with van der Waals surface area (Å²) in [6, 6.07) is 9.14. The van der Waals surface area contributed by atoms with Gasteiger partial charge in [-0.05, 0) is 50.1 Å². The van der Waals surface area contributed by atoms with E-state index < -0.39 is 0 Å². The molecule has 0 amide bonds. The van der Waals surface area contributed by atoms with Crippen molar-refractivity contribution in [1.29, 1.82) is 0 Å². The number of nitrogens with one attached hydrogen (secondary N) is 1. The van der Waals surface area contributed by atoms with Crippen molar-refractivity contribution in [2.45, 2.75) is 32.7 Å². The van der Waals surface area contributed by atoms with E-state index in [1.54, 1.807) is 12.3 Å². The zero-order valence-corrected chi connectivity index (χ0v) is 10.7. The van der Waals surface area contributed by atoms with Gasteiger partial charge in [-0.3, -0.25) is 0 Å². The molecule has 0 spiro atoms. The van der Waals surface area contributed by atoms with Gasteiger partial charge in [-0.1, -0.05) is 6.07 Å². The lowest BCUT2D eigenvalue weighted by molar-refractivity contribution is 0.494. The van der Waals surface area contributed by atoms with Crippen molar-refractivity contribution < 1.29 is 8.81 Å². The Labute approximate surface area is 107 Å². The van der Waals surface area contributed by atoms with Crippen LogP contribution in [0.25, 0.3) is 0 Å². The molecule has 2 nitrogen and oxygen atoms in total. The molecule has 0 radical (unpaired) electrons. The summed E-state index contributed by atoms with van der Waals surface area (Å²) in [5.41, 5.74) is 1.62. The van der Waals surface area contributed by atoms with Gasteiger partial charge in [0.15, 0.2) is 0 Å². The zero-order chi connectivity index (χ0) is 13.0. The normalized spacial score (nSPS) is 12.4. The molecule has 0 saturated carbocycles. The summed E-state index contributed by atoms with van der Waals surface area (Å²) in [6.45, 7) is 4.00. The van der Waals surface area contributed by atoms with Crippen molar-refractivity contribution in [2.75, 3.05) is 5.32 Å². The van der Waals surface area contributed by atoms with Crippen LogP contribution in [-0.2, 0) is 6.42 Å². The summed E-state index contributed by atoms with van der Waals surface area (Å²) in [4.78, 5) is 0. The number of furan rings is 1. The lowest BCUT2D eigenvalue weighted by Crippen LogP contribution is -2.16. The average molecular weight is 247 g/mol. The highest BCUT2D eigenvalue weighted by Crippen LogP contribution is 2.18. The van der Waals surface area contributed by atoms with Crippen LogP contribution in [0.5, 0.6) is 0 Å². The number of hydrogen-bond acceptors (Lipinski definition) is 2. The van der Waals surface area contributed by atoms with Crippen LogP contribution in [0.1, 0.15) is 24.7 Å². The van der Waals surface area contributed by atoms with Crippen molar-refractivity contribution in [3.8, 4) is 0 Å². The number of hydrogen-bond donors (Lipinski definition) is 1. The van der Waals surface area contributed by atoms with Crippen molar-refractivity contribution in [2.24, 2.45) is 0 Å². The average Bonchev–Trinajstić information content (AvgIpc) is 2.84. The van der Waals surface area contributed by atoms with Crippen LogP contribution < -0.4 is 5.32 Å². The highest BCUT2D eigenvalue weighted by molar-refractivity contribution is 5.47. The summed E-state index contributed by atoms with van der Waals surface area (Å²) < 4.78 is 18.8. The van der Waals surface area contributed by atoms with Gasteiger partial charge in [0.1, 0.15) is 11.6 Å². The van der Waals surface area contributed by atoms with Crippen molar-refractivity contribution in [3.05, 3.63) is 53.7 Å². The molecule has 2 aromatic rings. The van der Waals surface area contributed by atoms with Crippen molar-refractivity contribution in [1.82, 2.24) is 0 Å². The van der Waals surface area contributed by atoms with Gasteiger partial charge in [0.25, 0.3) is 0 Å². The molecule has 96 valence electrons. The molecule has 1 atom stereocenters. The first-order valence-electron chi connectivity index (χ1n) is 6.20. The maximum Gasteiger partial charge on any atom is 0.146 e. The molecule has 3 heteroatoms. The van der Waals surface area contributed by atoms with Gasteiger partial charge >= 0.3 is 0 Å². The van der Waals surface area contributed by atoms with Crippen LogP contribution in [0.15, 0.2) is 41.0 Å². The Morgan fingerprint density at radius 1 is 1.33 bits per heavy atom. The highest BCUT2D eigenvalue weighted by Gasteiger charge is 2.07. The van der Waals surface area contributed by atoms with Crippen LogP contribution in [-0.4, -0.2) is 6.04 Å². The number of halogens is 1. The predicted molar refractivity (Wildman–Crippen MR) is 71.3 cm³/mol. The summed E-state index contributed by atoms with van der Waals surface area (Å²) in [5.74, 6) is 0.763. The van der Waals surface area contributed by atoms with Crippen LogP contribution in [0.2, 0.25) is 0 Å². The molecule has 0 aliphatic rings. The second-order valence-corrected chi connectivity index (χ2v) is 4.65. The quantitative estimate of drug-likeness (QED) is 0.858. The molecule has 0 saturated heterocycles. The fourth-order valence-corrected chi connectivity index (χ4v) is 1.90. The molecule has 1 unspecified atom stereocenters. The summed E-state index contributed by atoms with van der Waals surface area (Å²) >= 11 is 0. The molecule has 0 bridgehead atoms. The van der Waals surface area contributed by atoms with Crippen LogP contribution in [0.3, 0.4) is 0 Å². The van der Waals surface area contributed by atoms with Gasteiger partial charge < -0.3 is 9.73 Å². The third-order valence-corrected chi connectivity index (χ3v) is 2.93. The first-order valence-corrected chi connectivity index (χ1v) is 6.20. The van der Waals surface area contributed by atoms with Gasteiger partial charge in [-0.25, -0.2) is 4.39 Å². The molecule has 1 aromatic carbocycles. The Kier molecular flexibility index (Phi) is 4.03. The molecule has 1 N–H and O–H groups in total. The van der Waals surface area contributed by atoms with E-state index in [0.29, 0.717) is 5.69 Å². The predicted octanol–water partition coefficient (Wildman–Crippen LogP) is 4.16. The smallest absolute Gasteiger partial charge is 0.146 e. The van der Waals surface area contributed by atoms with Gasteiger partial charge in [-0.15, -0.1) is 0 Å². The lowest BCUT2D eigenvalue weighted by Gasteiger charge is -2.15. The number of aryl methyl sites for hydroxylation is 2. The number of anilines is 1. The van der Waals surface area contributed by atoms with E-state index in [1.807, 2.05) is 32.0 Å². The minimum atomic E-state index is -0.203. The summed E-state index contributed by atoms with van der Waals surface area (Å²) in [6.07, 6.45) is 3.43. The molecule has 0 fully saturated rings. The van der Waals surface area contributed by atoms with Gasteiger partial charge in [0.05, 0.1) is 12.0 Å². The summed E-state index contributed by atoms with van der Waals surface area (Å²) in [5, 5.41) is 3.20. The van der Waals surface area contributed by atoms with Gasteiger partial charge in [-0.2, -0.15) is 0 Å². The van der Waals surface area contributed by atoms with E-state index in [0.717, 1.165) is 24.2 Å². The van der Waals surface area contributed by atoms with E-state index in [4.69, 9.17) is 4.42 Å². The van der Waals surface area contributed by atoms with E-state index in [9.17, 15) is 4.39 Å². The third kappa shape index (κ3) is 3.36. The molecule has 1 aromatic heterocycles. The van der Waals surface area contributed by atoms with E-state index in [2.05, 4.69) is 5.32 Å². The topological polar surface area (TPSA) is 25.2 Å². The highest BCUT2D eigenvalue weighted by atomic mass is 19.1. The Morgan fingerprint density at radius 2 is 2.17 bits per heavy atom. The Balaban J connectivity index is 1.90. The molecular formula is C15H18FNO. The zero-order valence-electron chi connectivity index (χ0n) is 10.7. The third-order valence-electron chi connectivity index (χ3n) is 2.93. The molecular weight excluding hydrogens is 229 g/mol.